The van der Waals surface area contributed by atoms with E-state index in [9.17, 15) is 4.39 Å². The van der Waals surface area contributed by atoms with Crippen LogP contribution in [0.25, 0.3) is 0 Å². The van der Waals surface area contributed by atoms with Gasteiger partial charge in [0.1, 0.15) is 5.82 Å². The largest absolute Gasteiger partial charge is 0.377 e. The Morgan fingerprint density at radius 1 is 1.55 bits per heavy atom. The van der Waals surface area contributed by atoms with Gasteiger partial charge in [-0.15, -0.1) is 0 Å². The summed E-state index contributed by atoms with van der Waals surface area (Å²) >= 11 is 0. The Kier molecular flexibility index (Phi) is 5.88. The van der Waals surface area contributed by atoms with Gasteiger partial charge < -0.3 is 15.4 Å². The summed E-state index contributed by atoms with van der Waals surface area (Å²) in [5.41, 5.74) is 6.87. The number of hydrogen-bond acceptors (Lipinski definition) is 4. The number of nitrogens with zero attached hydrogens (tertiary/aromatic N) is 2. The minimum Gasteiger partial charge on any atom is -0.377 e. The van der Waals surface area contributed by atoms with Gasteiger partial charge in [0.05, 0.1) is 18.0 Å². The predicted molar refractivity (Wildman–Crippen MR) is 76.8 cm³/mol. The summed E-state index contributed by atoms with van der Waals surface area (Å²) in [4.78, 5) is 6.44. The first-order valence-electron chi connectivity index (χ1n) is 7.40. The lowest BCUT2D eigenvalue weighted by Crippen LogP contribution is -2.40. The van der Waals surface area contributed by atoms with E-state index in [4.69, 9.17) is 10.5 Å². The summed E-state index contributed by atoms with van der Waals surface area (Å²) in [7, 11) is 0. The van der Waals surface area contributed by atoms with Crippen LogP contribution in [0.5, 0.6) is 0 Å². The summed E-state index contributed by atoms with van der Waals surface area (Å²) in [5, 5.41) is 0. The van der Waals surface area contributed by atoms with Gasteiger partial charge in [-0.3, -0.25) is 4.98 Å². The van der Waals surface area contributed by atoms with E-state index in [0.717, 1.165) is 44.8 Å². The number of pyridine rings is 1. The SMILES string of the molecule is CCOC1CCCN(CCC(N)c2ccc(F)cn2)C1. The zero-order valence-electron chi connectivity index (χ0n) is 12.1. The van der Waals surface area contributed by atoms with Gasteiger partial charge in [-0.05, 0) is 44.9 Å². The molecule has 20 heavy (non-hydrogen) atoms. The van der Waals surface area contributed by atoms with Crippen molar-refractivity contribution in [2.45, 2.75) is 38.3 Å². The van der Waals surface area contributed by atoms with E-state index in [-0.39, 0.29) is 11.9 Å². The molecule has 112 valence electrons. The summed E-state index contributed by atoms with van der Waals surface area (Å²) in [5.74, 6) is -0.323. The molecule has 1 aromatic rings. The number of rotatable bonds is 6. The normalized spacial score (nSPS) is 21.9. The number of halogens is 1. The molecule has 5 heteroatoms. The van der Waals surface area contributed by atoms with Crippen LogP contribution in [-0.2, 0) is 4.74 Å². The molecule has 0 radical (unpaired) electrons. The molecule has 0 saturated carbocycles. The van der Waals surface area contributed by atoms with E-state index in [1.54, 1.807) is 6.07 Å². The molecular formula is C15H24FN3O. The zero-order valence-corrected chi connectivity index (χ0v) is 12.1. The van der Waals surface area contributed by atoms with Crippen molar-refractivity contribution in [1.82, 2.24) is 9.88 Å². The third kappa shape index (κ3) is 4.51. The predicted octanol–water partition coefficient (Wildman–Crippen LogP) is 2.11. The second-order valence-corrected chi connectivity index (χ2v) is 5.32. The minimum absolute atomic E-state index is 0.136. The van der Waals surface area contributed by atoms with Crippen molar-refractivity contribution in [2.24, 2.45) is 5.73 Å². The van der Waals surface area contributed by atoms with Gasteiger partial charge in [-0.2, -0.15) is 0 Å². The molecule has 1 aliphatic heterocycles. The number of piperidine rings is 1. The van der Waals surface area contributed by atoms with E-state index in [1.807, 2.05) is 6.92 Å². The Morgan fingerprint density at radius 2 is 2.40 bits per heavy atom. The van der Waals surface area contributed by atoms with Gasteiger partial charge in [0.2, 0.25) is 0 Å². The van der Waals surface area contributed by atoms with Gasteiger partial charge in [-0.25, -0.2) is 4.39 Å². The summed E-state index contributed by atoms with van der Waals surface area (Å²) in [6, 6.07) is 2.94. The molecule has 2 heterocycles. The molecule has 0 spiro atoms. The first-order valence-corrected chi connectivity index (χ1v) is 7.40. The monoisotopic (exact) mass is 281 g/mol. The second kappa shape index (κ2) is 7.67. The minimum atomic E-state index is -0.323. The van der Waals surface area contributed by atoms with Crippen molar-refractivity contribution < 1.29 is 9.13 Å². The number of nitrogens with two attached hydrogens (primary N) is 1. The van der Waals surface area contributed by atoms with Crippen molar-refractivity contribution in [2.75, 3.05) is 26.2 Å². The van der Waals surface area contributed by atoms with Gasteiger partial charge in [0.15, 0.2) is 0 Å². The fourth-order valence-electron chi connectivity index (χ4n) is 2.66. The highest BCUT2D eigenvalue weighted by Crippen LogP contribution is 2.17. The van der Waals surface area contributed by atoms with Crippen molar-refractivity contribution >= 4 is 0 Å². The fraction of sp³-hybridized carbons (Fsp3) is 0.667. The van der Waals surface area contributed by atoms with Crippen LogP contribution in [0.2, 0.25) is 0 Å². The highest BCUT2D eigenvalue weighted by Gasteiger charge is 2.20. The van der Waals surface area contributed by atoms with Gasteiger partial charge in [-0.1, -0.05) is 0 Å². The van der Waals surface area contributed by atoms with Crippen molar-refractivity contribution in [3.63, 3.8) is 0 Å². The molecule has 4 nitrogen and oxygen atoms in total. The van der Waals surface area contributed by atoms with Crippen LogP contribution in [0.4, 0.5) is 4.39 Å². The molecule has 0 aromatic carbocycles. The average molecular weight is 281 g/mol. The van der Waals surface area contributed by atoms with Crippen LogP contribution in [0, 0.1) is 5.82 Å². The molecule has 1 fully saturated rings. The summed E-state index contributed by atoms with van der Waals surface area (Å²) < 4.78 is 18.5. The fourth-order valence-corrected chi connectivity index (χ4v) is 2.66. The lowest BCUT2D eigenvalue weighted by molar-refractivity contribution is 0.00527. The molecule has 2 unspecified atom stereocenters. The van der Waals surface area contributed by atoms with E-state index in [1.165, 1.54) is 18.7 Å². The van der Waals surface area contributed by atoms with Crippen LogP contribution in [0.3, 0.4) is 0 Å². The van der Waals surface area contributed by atoms with Gasteiger partial charge in [0, 0.05) is 25.7 Å². The molecule has 2 atom stereocenters. The van der Waals surface area contributed by atoms with E-state index in [2.05, 4.69) is 9.88 Å². The maximum absolute atomic E-state index is 12.8. The highest BCUT2D eigenvalue weighted by atomic mass is 19.1. The van der Waals surface area contributed by atoms with Crippen LogP contribution >= 0.6 is 0 Å². The Morgan fingerprint density at radius 3 is 3.10 bits per heavy atom. The number of hydrogen-bond donors (Lipinski definition) is 1. The number of likely N-dealkylation sites (tertiary alicyclic amines) is 1. The lowest BCUT2D eigenvalue weighted by Gasteiger charge is -2.32. The molecule has 0 bridgehead atoms. The quantitative estimate of drug-likeness (QED) is 0.867. The van der Waals surface area contributed by atoms with Crippen molar-refractivity contribution in [3.8, 4) is 0 Å². The first-order chi connectivity index (χ1) is 9.69. The Bertz CT molecular complexity index is 397. The highest BCUT2D eigenvalue weighted by molar-refractivity contribution is 5.09. The van der Waals surface area contributed by atoms with Crippen molar-refractivity contribution in [1.29, 1.82) is 0 Å². The van der Waals surface area contributed by atoms with E-state index in [0.29, 0.717) is 6.10 Å². The summed E-state index contributed by atoms with van der Waals surface area (Å²) in [6.07, 6.45) is 4.73. The van der Waals surface area contributed by atoms with Crippen molar-refractivity contribution in [3.05, 3.63) is 29.8 Å². The third-order valence-electron chi connectivity index (χ3n) is 3.75. The van der Waals surface area contributed by atoms with E-state index < -0.39 is 0 Å². The molecule has 1 aliphatic rings. The second-order valence-electron chi connectivity index (χ2n) is 5.32. The van der Waals surface area contributed by atoms with Gasteiger partial charge in [0.25, 0.3) is 0 Å². The first kappa shape index (κ1) is 15.4. The van der Waals surface area contributed by atoms with Crippen LogP contribution in [-0.4, -0.2) is 42.2 Å². The average Bonchev–Trinajstić information content (AvgIpc) is 2.46. The third-order valence-corrected chi connectivity index (χ3v) is 3.75. The topological polar surface area (TPSA) is 51.4 Å². The van der Waals surface area contributed by atoms with Gasteiger partial charge >= 0.3 is 0 Å². The number of aromatic nitrogens is 1. The van der Waals surface area contributed by atoms with Crippen LogP contribution in [0.15, 0.2) is 18.3 Å². The van der Waals surface area contributed by atoms with Crippen LogP contribution in [0.1, 0.15) is 37.9 Å². The maximum Gasteiger partial charge on any atom is 0.141 e. The molecule has 2 N–H and O–H groups in total. The smallest absolute Gasteiger partial charge is 0.141 e. The Labute approximate surface area is 120 Å². The molecule has 1 saturated heterocycles. The standard InChI is InChI=1S/C15H24FN3O/c1-2-20-13-4-3-8-19(11-13)9-7-14(17)15-6-5-12(16)10-18-15/h5-6,10,13-14H,2-4,7-9,11,17H2,1H3. The Hall–Kier alpha value is -1.04. The molecule has 0 amide bonds. The van der Waals surface area contributed by atoms with E-state index >= 15 is 0 Å². The molecular weight excluding hydrogens is 257 g/mol. The molecule has 1 aromatic heterocycles. The molecule has 2 rings (SSSR count). The lowest BCUT2D eigenvalue weighted by atomic mass is 10.1. The van der Waals surface area contributed by atoms with Crippen LogP contribution < -0.4 is 5.73 Å². The Balaban J connectivity index is 1.78. The summed E-state index contributed by atoms with van der Waals surface area (Å²) in [6.45, 7) is 5.83. The maximum atomic E-state index is 12.8. The zero-order chi connectivity index (χ0) is 14.4. The molecule has 0 aliphatic carbocycles. The number of ether oxygens (including phenoxy) is 1.